The SMILES string of the molecule is BrCc1cc(-c2nccs2)on1. The van der Waals surface area contributed by atoms with E-state index in [1.54, 1.807) is 6.20 Å². The Balaban J connectivity index is 2.35. The van der Waals surface area contributed by atoms with E-state index >= 15 is 0 Å². The van der Waals surface area contributed by atoms with E-state index in [9.17, 15) is 0 Å². The van der Waals surface area contributed by atoms with Crippen LogP contribution in [0.3, 0.4) is 0 Å². The van der Waals surface area contributed by atoms with Crippen molar-refractivity contribution in [3.63, 3.8) is 0 Å². The first-order valence-corrected chi connectivity index (χ1v) is 5.31. The lowest BCUT2D eigenvalue weighted by molar-refractivity contribution is 0.426. The number of nitrogens with zero attached hydrogens (tertiary/aromatic N) is 2. The predicted molar refractivity (Wildman–Crippen MR) is 50.2 cm³/mol. The summed E-state index contributed by atoms with van der Waals surface area (Å²) < 4.78 is 5.07. The van der Waals surface area contributed by atoms with E-state index in [1.807, 2.05) is 11.4 Å². The Bertz CT molecular complexity index is 357. The number of thiazole rings is 1. The van der Waals surface area contributed by atoms with Crippen molar-refractivity contribution in [2.75, 3.05) is 0 Å². The van der Waals surface area contributed by atoms with Gasteiger partial charge in [0.1, 0.15) is 0 Å². The molecule has 3 nitrogen and oxygen atoms in total. The maximum atomic E-state index is 5.07. The maximum absolute atomic E-state index is 5.07. The fraction of sp³-hybridized carbons (Fsp3) is 0.143. The van der Waals surface area contributed by atoms with Crippen LogP contribution >= 0.6 is 27.3 Å². The molecule has 0 saturated carbocycles. The second-order valence-corrected chi connectivity index (χ2v) is 3.61. The Hall–Kier alpha value is -0.680. The summed E-state index contributed by atoms with van der Waals surface area (Å²) in [5, 5.41) is 7.32. The second-order valence-electron chi connectivity index (χ2n) is 2.15. The van der Waals surface area contributed by atoms with E-state index in [-0.39, 0.29) is 0 Å². The molecule has 12 heavy (non-hydrogen) atoms. The number of alkyl halides is 1. The van der Waals surface area contributed by atoms with Gasteiger partial charge in [0, 0.05) is 23.0 Å². The molecule has 2 heterocycles. The van der Waals surface area contributed by atoms with Crippen LogP contribution in [-0.2, 0) is 5.33 Å². The molecule has 0 saturated heterocycles. The van der Waals surface area contributed by atoms with Crippen LogP contribution in [0.25, 0.3) is 10.8 Å². The van der Waals surface area contributed by atoms with Crippen LogP contribution in [0.15, 0.2) is 22.2 Å². The largest absolute Gasteiger partial charge is 0.353 e. The minimum Gasteiger partial charge on any atom is -0.353 e. The Kier molecular flexibility index (Phi) is 2.23. The van der Waals surface area contributed by atoms with E-state index in [0.717, 1.165) is 16.5 Å². The van der Waals surface area contributed by atoms with Crippen LogP contribution in [0.2, 0.25) is 0 Å². The maximum Gasteiger partial charge on any atom is 0.195 e. The van der Waals surface area contributed by atoms with Crippen LogP contribution in [0.1, 0.15) is 5.69 Å². The van der Waals surface area contributed by atoms with Gasteiger partial charge in [-0.05, 0) is 0 Å². The quantitative estimate of drug-likeness (QED) is 0.763. The zero-order valence-corrected chi connectivity index (χ0v) is 8.43. The Labute approximate surface area is 81.5 Å². The monoisotopic (exact) mass is 244 g/mol. The molecular formula is C7H5BrN2OS. The van der Waals surface area contributed by atoms with Crippen LogP contribution in [0, 0.1) is 0 Å². The first-order valence-electron chi connectivity index (χ1n) is 3.31. The van der Waals surface area contributed by atoms with Gasteiger partial charge in [0.25, 0.3) is 0 Å². The third-order valence-electron chi connectivity index (χ3n) is 1.34. The van der Waals surface area contributed by atoms with E-state index in [0.29, 0.717) is 5.33 Å². The summed E-state index contributed by atoms with van der Waals surface area (Å²) in [6, 6.07) is 1.88. The van der Waals surface area contributed by atoms with Gasteiger partial charge in [0.15, 0.2) is 10.8 Å². The zero-order valence-electron chi connectivity index (χ0n) is 6.03. The highest BCUT2D eigenvalue weighted by Gasteiger charge is 2.06. The van der Waals surface area contributed by atoms with Gasteiger partial charge in [-0.3, -0.25) is 0 Å². The molecule has 0 N–H and O–H groups in total. The normalized spacial score (nSPS) is 10.4. The summed E-state index contributed by atoms with van der Waals surface area (Å²) >= 11 is 4.83. The fourth-order valence-corrected chi connectivity index (χ4v) is 1.67. The molecule has 0 atom stereocenters. The molecule has 2 aromatic rings. The summed E-state index contributed by atoms with van der Waals surface area (Å²) in [7, 11) is 0. The number of aromatic nitrogens is 2. The summed E-state index contributed by atoms with van der Waals surface area (Å²) in [5.74, 6) is 0.736. The van der Waals surface area contributed by atoms with E-state index < -0.39 is 0 Å². The molecule has 5 heteroatoms. The summed E-state index contributed by atoms with van der Waals surface area (Å²) in [6.45, 7) is 0. The molecule has 0 unspecified atom stereocenters. The molecule has 0 fully saturated rings. The smallest absolute Gasteiger partial charge is 0.195 e. The molecule has 2 aromatic heterocycles. The first-order chi connectivity index (χ1) is 5.90. The number of hydrogen-bond acceptors (Lipinski definition) is 4. The van der Waals surface area contributed by atoms with Crippen molar-refractivity contribution in [1.29, 1.82) is 0 Å². The van der Waals surface area contributed by atoms with E-state index in [1.165, 1.54) is 11.3 Å². The molecule has 0 spiro atoms. The molecule has 0 aliphatic heterocycles. The van der Waals surface area contributed by atoms with Gasteiger partial charge in [0.05, 0.1) is 5.69 Å². The lowest BCUT2D eigenvalue weighted by Gasteiger charge is -1.81. The highest BCUT2D eigenvalue weighted by Crippen LogP contribution is 2.22. The van der Waals surface area contributed by atoms with Crippen LogP contribution in [-0.4, -0.2) is 10.1 Å². The van der Waals surface area contributed by atoms with Crippen LogP contribution < -0.4 is 0 Å². The number of rotatable bonds is 2. The standard InChI is InChI=1S/C7H5BrN2OS/c8-4-5-3-6(11-10-5)7-9-1-2-12-7/h1-3H,4H2. The highest BCUT2D eigenvalue weighted by molar-refractivity contribution is 9.08. The van der Waals surface area contributed by atoms with Crippen molar-refractivity contribution in [3.05, 3.63) is 23.3 Å². The lowest BCUT2D eigenvalue weighted by Crippen LogP contribution is -1.70. The van der Waals surface area contributed by atoms with Gasteiger partial charge in [0.2, 0.25) is 0 Å². The average Bonchev–Trinajstić information content (AvgIpc) is 2.75. The summed E-state index contributed by atoms with van der Waals surface area (Å²) in [4.78, 5) is 4.10. The van der Waals surface area contributed by atoms with Gasteiger partial charge in [-0.1, -0.05) is 21.1 Å². The van der Waals surface area contributed by atoms with Gasteiger partial charge in [-0.2, -0.15) is 0 Å². The van der Waals surface area contributed by atoms with Gasteiger partial charge in [-0.15, -0.1) is 11.3 Å². The zero-order chi connectivity index (χ0) is 8.39. The number of halogens is 1. The van der Waals surface area contributed by atoms with Crippen LogP contribution in [0.5, 0.6) is 0 Å². The van der Waals surface area contributed by atoms with Crippen molar-refractivity contribution in [2.45, 2.75) is 5.33 Å². The molecule has 0 bridgehead atoms. The van der Waals surface area contributed by atoms with Crippen molar-refractivity contribution in [2.24, 2.45) is 0 Å². The third kappa shape index (κ3) is 1.42. The molecule has 0 aliphatic carbocycles. The molecule has 0 aliphatic rings. The molecule has 62 valence electrons. The lowest BCUT2D eigenvalue weighted by atomic mass is 10.4. The molecule has 0 radical (unpaired) electrons. The van der Waals surface area contributed by atoms with Gasteiger partial charge < -0.3 is 4.52 Å². The van der Waals surface area contributed by atoms with Crippen molar-refractivity contribution in [1.82, 2.24) is 10.1 Å². The van der Waals surface area contributed by atoms with Gasteiger partial charge in [-0.25, -0.2) is 4.98 Å². The van der Waals surface area contributed by atoms with Crippen molar-refractivity contribution >= 4 is 27.3 Å². The predicted octanol–water partition coefficient (Wildman–Crippen LogP) is 2.69. The Morgan fingerprint density at radius 3 is 3.08 bits per heavy atom. The topological polar surface area (TPSA) is 38.9 Å². The number of hydrogen-bond donors (Lipinski definition) is 0. The third-order valence-corrected chi connectivity index (χ3v) is 2.70. The van der Waals surface area contributed by atoms with E-state index in [2.05, 4.69) is 26.1 Å². The summed E-state index contributed by atoms with van der Waals surface area (Å²) in [5.41, 5.74) is 0.889. The molecule has 0 aromatic carbocycles. The average molecular weight is 245 g/mol. The molecule has 2 rings (SSSR count). The molecular weight excluding hydrogens is 240 g/mol. The van der Waals surface area contributed by atoms with Crippen LogP contribution in [0.4, 0.5) is 0 Å². The second kappa shape index (κ2) is 3.37. The van der Waals surface area contributed by atoms with E-state index in [4.69, 9.17) is 4.52 Å². The van der Waals surface area contributed by atoms with Gasteiger partial charge >= 0.3 is 0 Å². The minimum absolute atomic E-state index is 0.710. The fourth-order valence-electron chi connectivity index (χ4n) is 0.821. The minimum atomic E-state index is 0.710. The van der Waals surface area contributed by atoms with Crippen molar-refractivity contribution in [3.8, 4) is 10.8 Å². The molecule has 0 amide bonds. The Morgan fingerprint density at radius 2 is 2.50 bits per heavy atom. The summed E-state index contributed by atoms with van der Waals surface area (Å²) in [6.07, 6.45) is 1.75. The first kappa shape index (κ1) is 7.94. The van der Waals surface area contributed by atoms with Crippen molar-refractivity contribution < 1.29 is 4.52 Å². The highest BCUT2D eigenvalue weighted by atomic mass is 79.9. The Morgan fingerprint density at radius 1 is 1.58 bits per heavy atom.